The second-order valence-corrected chi connectivity index (χ2v) is 8.62. The van der Waals surface area contributed by atoms with E-state index in [1.807, 2.05) is 39.0 Å². The van der Waals surface area contributed by atoms with E-state index in [9.17, 15) is 14.4 Å². The number of carbonyl (C=O) groups is 1. The van der Waals surface area contributed by atoms with Crippen molar-refractivity contribution in [2.45, 2.75) is 53.6 Å². The first-order valence-corrected chi connectivity index (χ1v) is 11.6. The highest BCUT2D eigenvalue weighted by molar-refractivity contribution is 6.31. The van der Waals surface area contributed by atoms with Crippen LogP contribution in [0.4, 0.5) is 5.69 Å². The molecule has 0 saturated heterocycles. The van der Waals surface area contributed by atoms with Gasteiger partial charge < -0.3 is 10.1 Å². The summed E-state index contributed by atoms with van der Waals surface area (Å²) in [7, 11) is 0. The Morgan fingerprint density at radius 2 is 1.82 bits per heavy atom. The van der Waals surface area contributed by atoms with E-state index in [1.165, 1.54) is 4.57 Å². The lowest BCUT2D eigenvalue weighted by atomic mass is 10.0. The van der Waals surface area contributed by atoms with E-state index in [-0.39, 0.29) is 23.1 Å². The van der Waals surface area contributed by atoms with Gasteiger partial charge in [0.25, 0.3) is 5.56 Å². The number of hydrogen-bond donors (Lipinski definition) is 1. The van der Waals surface area contributed by atoms with Gasteiger partial charge in [-0.25, -0.2) is 4.79 Å². The number of benzene rings is 2. The first kappa shape index (κ1) is 24.6. The number of fused-ring (bicyclic) bond motifs is 1. The lowest BCUT2D eigenvalue weighted by Gasteiger charge is -2.14. The van der Waals surface area contributed by atoms with Crippen LogP contribution in [0.3, 0.4) is 0 Å². The highest BCUT2D eigenvalue weighted by Crippen LogP contribution is 2.22. The number of carbonyl (C=O) groups excluding carboxylic acids is 1. The zero-order chi connectivity index (χ0) is 24.1. The number of nitrogens with zero attached hydrogens (tertiary/aromatic N) is 2. The van der Waals surface area contributed by atoms with Crippen LogP contribution in [0, 0.1) is 12.8 Å². The lowest BCUT2D eigenvalue weighted by Crippen LogP contribution is -2.39. The normalized spacial score (nSPS) is 12.0. The Kier molecular flexibility index (Phi) is 7.97. The number of aromatic nitrogens is 2. The van der Waals surface area contributed by atoms with Crippen molar-refractivity contribution in [3.63, 3.8) is 0 Å². The van der Waals surface area contributed by atoms with Crippen molar-refractivity contribution < 1.29 is 9.53 Å². The number of nitrogens with one attached hydrogen (secondary N) is 1. The molecule has 1 N–H and O–H groups in total. The van der Waals surface area contributed by atoms with Gasteiger partial charge in [-0.15, -0.1) is 0 Å². The van der Waals surface area contributed by atoms with Crippen LogP contribution in [0.5, 0.6) is 5.75 Å². The first-order chi connectivity index (χ1) is 15.7. The summed E-state index contributed by atoms with van der Waals surface area (Å²) >= 11 is 6.03. The fraction of sp³-hybridized carbons (Fsp3) is 0.400. The number of halogens is 1. The van der Waals surface area contributed by atoms with Crippen molar-refractivity contribution in [3.05, 3.63) is 67.8 Å². The predicted octanol–water partition coefficient (Wildman–Crippen LogP) is 4.60. The second kappa shape index (κ2) is 10.7. The van der Waals surface area contributed by atoms with Crippen LogP contribution in [0.1, 0.15) is 39.2 Å². The van der Waals surface area contributed by atoms with Crippen LogP contribution in [-0.2, 0) is 17.9 Å². The van der Waals surface area contributed by atoms with Crippen LogP contribution < -0.4 is 21.3 Å². The zero-order valence-corrected chi connectivity index (χ0v) is 20.2. The van der Waals surface area contributed by atoms with Gasteiger partial charge in [-0.1, -0.05) is 18.5 Å². The van der Waals surface area contributed by atoms with Crippen LogP contribution in [0.15, 0.2) is 46.0 Å². The average molecular weight is 472 g/mol. The predicted molar refractivity (Wildman–Crippen MR) is 133 cm³/mol. The minimum absolute atomic E-state index is 0.112. The van der Waals surface area contributed by atoms with Gasteiger partial charge in [-0.3, -0.25) is 18.7 Å². The minimum atomic E-state index is -0.346. The van der Waals surface area contributed by atoms with Crippen molar-refractivity contribution in [1.82, 2.24) is 9.13 Å². The molecule has 3 rings (SSSR count). The third kappa shape index (κ3) is 5.66. The van der Waals surface area contributed by atoms with Gasteiger partial charge in [-0.05, 0) is 75.1 Å². The van der Waals surface area contributed by atoms with Crippen molar-refractivity contribution in [1.29, 1.82) is 0 Å². The molecule has 176 valence electrons. The quantitative estimate of drug-likeness (QED) is 0.494. The van der Waals surface area contributed by atoms with E-state index in [2.05, 4.69) is 5.32 Å². The molecule has 33 heavy (non-hydrogen) atoms. The molecular weight excluding hydrogens is 442 g/mol. The number of ether oxygens (including phenoxy) is 1. The summed E-state index contributed by atoms with van der Waals surface area (Å²) in [5, 5.41) is 3.99. The van der Waals surface area contributed by atoms with Crippen LogP contribution >= 0.6 is 11.6 Å². The van der Waals surface area contributed by atoms with Crippen molar-refractivity contribution >= 4 is 34.1 Å². The molecule has 7 nitrogen and oxygen atoms in total. The fourth-order valence-electron chi connectivity index (χ4n) is 3.80. The van der Waals surface area contributed by atoms with Gasteiger partial charge in [-0.2, -0.15) is 0 Å². The van der Waals surface area contributed by atoms with E-state index in [4.69, 9.17) is 16.3 Å². The van der Waals surface area contributed by atoms with Gasteiger partial charge in [0, 0.05) is 30.2 Å². The molecule has 0 saturated carbocycles. The molecule has 0 aliphatic carbocycles. The number of anilines is 1. The Balaban J connectivity index is 1.63. The molecule has 0 spiro atoms. The van der Waals surface area contributed by atoms with Gasteiger partial charge in [0.2, 0.25) is 5.91 Å². The molecule has 3 aromatic rings. The Bertz CT molecular complexity index is 1280. The standard InChI is InChI=1S/C25H30ClN3O4/c1-5-28-22-10-7-18(15-20(22)24(31)29(6-2)25(28)32)27-23(30)13-16(3)11-12-33-19-8-9-21(26)17(4)14-19/h7-10,14-16H,5-6,11-13H2,1-4H3,(H,27,30). The maximum Gasteiger partial charge on any atom is 0.331 e. The fourth-order valence-corrected chi connectivity index (χ4v) is 3.92. The number of rotatable bonds is 9. The van der Waals surface area contributed by atoms with Gasteiger partial charge >= 0.3 is 5.69 Å². The largest absolute Gasteiger partial charge is 0.494 e. The van der Waals surface area contributed by atoms with E-state index in [1.54, 1.807) is 29.7 Å². The summed E-state index contributed by atoms with van der Waals surface area (Å²) in [5.41, 5.74) is 1.39. The molecule has 1 unspecified atom stereocenters. The molecule has 1 atom stereocenters. The maximum atomic E-state index is 12.8. The SMILES string of the molecule is CCn1c(=O)c2cc(NC(=O)CC(C)CCOc3ccc(Cl)c(C)c3)ccc2n(CC)c1=O. The highest BCUT2D eigenvalue weighted by Gasteiger charge is 2.14. The topological polar surface area (TPSA) is 82.3 Å². The van der Waals surface area contributed by atoms with E-state index in [0.29, 0.717) is 47.7 Å². The number of hydrogen-bond acceptors (Lipinski definition) is 4. The second-order valence-electron chi connectivity index (χ2n) is 8.21. The molecule has 0 aliphatic heterocycles. The smallest absolute Gasteiger partial charge is 0.331 e. The van der Waals surface area contributed by atoms with Crippen LogP contribution in [0.25, 0.3) is 10.9 Å². The van der Waals surface area contributed by atoms with E-state index in [0.717, 1.165) is 17.7 Å². The molecular formula is C25H30ClN3O4. The molecule has 1 aromatic heterocycles. The van der Waals surface area contributed by atoms with Crippen LogP contribution in [0.2, 0.25) is 5.02 Å². The van der Waals surface area contributed by atoms with Crippen LogP contribution in [-0.4, -0.2) is 21.6 Å². The van der Waals surface area contributed by atoms with Crippen molar-refractivity contribution in [2.75, 3.05) is 11.9 Å². The van der Waals surface area contributed by atoms with Gasteiger partial charge in [0.1, 0.15) is 5.75 Å². The molecule has 0 aliphatic rings. The van der Waals surface area contributed by atoms with E-state index >= 15 is 0 Å². The lowest BCUT2D eigenvalue weighted by molar-refractivity contribution is -0.117. The molecule has 0 bridgehead atoms. The molecule has 0 radical (unpaired) electrons. The third-order valence-corrected chi connectivity index (χ3v) is 6.11. The first-order valence-electron chi connectivity index (χ1n) is 11.2. The summed E-state index contributed by atoms with van der Waals surface area (Å²) < 4.78 is 8.55. The summed E-state index contributed by atoms with van der Waals surface area (Å²) in [6, 6.07) is 10.6. The maximum absolute atomic E-state index is 12.8. The third-order valence-electron chi connectivity index (χ3n) is 5.68. The van der Waals surface area contributed by atoms with Gasteiger partial charge in [0.15, 0.2) is 0 Å². The van der Waals surface area contributed by atoms with Gasteiger partial charge in [0.05, 0.1) is 17.5 Å². The Hall–Kier alpha value is -3.06. The minimum Gasteiger partial charge on any atom is -0.494 e. The molecule has 1 amide bonds. The number of amides is 1. The highest BCUT2D eigenvalue weighted by atomic mass is 35.5. The Labute approximate surface area is 197 Å². The summed E-state index contributed by atoms with van der Waals surface area (Å²) in [6.45, 7) is 8.79. The molecule has 0 fully saturated rings. The number of aryl methyl sites for hydroxylation is 2. The molecule has 1 heterocycles. The zero-order valence-electron chi connectivity index (χ0n) is 19.5. The average Bonchev–Trinajstić information content (AvgIpc) is 2.77. The molecule has 2 aromatic carbocycles. The summed E-state index contributed by atoms with van der Waals surface area (Å²) in [4.78, 5) is 37.8. The molecule has 8 heteroatoms. The van der Waals surface area contributed by atoms with Crippen molar-refractivity contribution in [2.24, 2.45) is 5.92 Å². The monoisotopic (exact) mass is 471 g/mol. The van der Waals surface area contributed by atoms with E-state index < -0.39 is 0 Å². The Morgan fingerprint density at radius 1 is 1.09 bits per heavy atom. The summed E-state index contributed by atoms with van der Waals surface area (Å²) in [5.74, 6) is 0.735. The summed E-state index contributed by atoms with van der Waals surface area (Å²) in [6.07, 6.45) is 1.05. The Morgan fingerprint density at radius 3 is 2.48 bits per heavy atom. The van der Waals surface area contributed by atoms with Crippen molar-refractivity contribution in [3.8, 4) is 5.75 Å².